The maximum atomic E-state index is 11.8. The third-order valence-electron chi connectivity index (χ3n) is 2.60. The van der Waals surface area contributed by atoms with Crippen LogP contribution in [0.5, 0.6) is 0 Å². The number of anilines is 1. The number of amides is 1. The van der Waals surface area contributed by atoms with Crippen LogP contribution in [0.2, 0.25) is 0 Å². The van der Waals surface area contributed by atoms with Crippen molar-refractivity contribution in [2.75, 3.05) is 24.7 Å². The summed E-state index contributed by atoms with van der Waals surface area (Å²) in [4.78, 5) is 24.9. The molecule has 90 valence electrons. The molecule has 0 radical (unpaired) electrons. The summed E-state index contributed by atoms with van der Waals surface area (Å²) < 4.78 is 6.05. The molecule has 1 aromatic rings. The Morgan fingerprint density at radius 3 is 2.82 bits per heavy atom. The van der Waals surface area contributed by atoms with E-state index in [1.54, 1.807) is 18.2 Å². The van der Waals surface area contributed by atoms with E-state index in [9.17, 15) is 9.59 Å². The van der Waals surface area contributed by atoms with Crippen LogP contribution in [-0.2, 0) is 9.53 Å². The Morgan fingerprint density at radius 1 is 1.35 bits per heavy atom. The molecule has 0 bridgehead atoms. The lowest BCUT2D eigenvalue weighted by Crippen LogP contribution is -2.32. The predicted octanol–water partition coefficient (Wildman–Crippen LogP) is 2.01. The van der Waals surface area contributed by atoms with E-state index in [1.165, 1.54) is 4.90 Å². The number of nitrogens with zero attached hydrogens (tertiary/aromatic N) is 1. The minimum absolute atomic E-state index is 0.405. The number of hydrogen-bond acceptors (Lipinski definition) is 3. The van der Waals surface area contributed by atoms with Crippen molar-refractivity contribution in [3.63, 3.8) is 0 Å². The largest absolute Gasteiger partial charge is 0.380 e. The van der Waals surface area contributed by atoms with Crippen LogP contribution in [-0.4, -0.2) is 31.4 Å². The lowest BCUT2D eigenvalue weighted by Gasteiger charge is -2.16. The molecule has 1 aromatic carbocycles. The Hall–Kier alpha value is -1.20. The second-order valence-corrected chi connectivity index (χ2v) is 4.56. The van der Waals surface area contributed by atoms with Crippen molar-refractivity contribution >= 4 is 33.3 Å². The summed E-state index contributed by atoms with van der Waals surface area (Å²) in [5, 5.41) is 0. The van der Waals surface area contributed by atoms with E-state index in [1.807, 2.05) is 6.92 Å². The average molecular weight is 298 g/mol. The van der Waals surface area contributed by atoms with Gasteiger partial charge in [-0.15, -0.1) is 0 Å². The predicted molar refractivity (Wildman–Crippen MR) is 67.3 cm³/mol. The van der Waals surface area contributed by atoms with Crippen LogP contribution in [0.15, 0.2) is 22.7 Å². The molecule has 0 N–H and O–H groups in total. The van der Waals surface area contributed by atoms with E-state index < -0.39 is 11.7 Å². The molecule has 1 heterocycles. The molecule has 1 aliphatic rings. The molecule has 0 spiro atoms. The second kappa shape index (κ2) is 4.98. The number of benzene rings is 1. The van der Waals surface area contributed by atoms with Crippen LogP contribution in [0.3, 0.4) is 0 Å². The molecule has 0 aromatic heterocycles. The number of hydrogen-bond donors (Lipinski definition) is 0. The topological polar surface area (TPSA) is 46.6 Å². The molecular weight excluding hydrogens is 286 g/mol. The van der Waals surface area contributed by atoms with Gasteiger partial charge in [0.2, 0.25) is 0 Å². The highest BCUT2D eigenvalue weighted by Crippen LogP contribution is 2.31. The van der Waals surface area contributed by atoms with Gasteiger partial charge in [-0.2, -0.15) is 0 Å². The van der Waals surface area contributed by atoms with Gasteiger partial charge in [0.05, 0.1) is 17.9 Å². The van der Waals surface area contributed by atoms with E-state index in [-0.39, 0.29) is 0 Å². The first-order chi connectivity index (χ1) is 8.15. The second-order valence-electron chi connectivity index (χ2n) is 3.64. The summed E-state index contributed by atoms with van der Waals surface area (Å²) in [6, 6.07) is 5.21. The SMILES string of the molecule is CCOCCN1C(=O)C(=O)c2ccc(Br)cc21. The summed E-state index contributed by atoms with van der Waals surface area (Å²) in [5.74, 6) is -0.915. The smallest absolute Gasteiger partial charge is 0.299 e. The first-order valence-electron chi connectivity index (χ1n) is 5.38. The Labute approximate surface area is 108 Å². The summed E-state index contributed by atoms with van der Waals surface area (Å²) in [6.45, 7) is 3.33. The lowest BCUT2D eigenvalue weighted by atomic mass is 10.1. The zero-order chi connectivity index (χ0) is 12.4. The minimum atomic E-state index is -0.474. The summed E-state index contributed by atoms with van der Waals surface area (Å²) >= 11 is 3.33. The average Bonchev–Trinajstić information content (AvgIpc) is 2.54. The van der Waals surface area contributed by atoms with Crippen molar-refractivity contribution in [1.82, 2.24) is 0 Å². The fourth-order valence-corrected chi connectivity index (χ4v) is 2.14. The van der Waals surface area contributed by atoms with Gasteiger partial charge in [0.15, 0.2) is 0 Å². The molecule has 0 saturated heterocycles. The highest BCUT2D eigenvalue weighted by molar-refractivity contribution is 9.10. The summed E-state index contributed by atoms with van der Waals surface area (Å²) in [5.41, 5.74) is 1.13. The fourth-order valence-electron chi connectivity index (χ4n) is 1.79. The lowest BCUT2D eigenvalue weighted by molar-refractivity contribution is -0.114. The van der Waals surface area contributed by atoms with Crippen LogP contribution in [0, 0.1) is 0 Å². The van der Waals surface area contributed by atoms with Crippen molar-refractivity contribution in [1.29, 1.82) is 0 Å². The zero-order valence-corrected chi connectivity index (χ0v) is 11.0. The highest BCUT2D eigenvalue weighted by Gasteiger charge is 2.35. The monoisotopic (exact) mass is 297 g/mol. The molecule has 4 nitrogen and oxygen atoms in total. The highest BCUT2D eigenvalue weighted by atomic mass is 79.9. The number of carbonyl (C=O) groups is 2. The Bertz CT molecular complexity index is 473. The third kappa shape index (κ3) is 2.25. The number of fused-ring (bicyclic) bond motifs is 1. The van der Waals surface area contributed by atoms with Crippen LogP contribution < -0.4 is 4.90 Å². The molecule has 0 atom stereocenters. The number of halogens is 1. The molecule has 0 fully saturated rings. The molecule has 0 saturated carbocycles. The van der Waals surface area contributed by atoms with Gasteiger partial charge in [-0.25, -0.2) is 0 Å². The third-order valence-corrected chi connectivity index (χ3v) is 3.09. The molecule has 17 heavy (non-hydrogen) atoms. The van der Waals surface area contributed by atoms with Gasteiger partial charge in [-0.05, 0) is 25.1 Å². The van der Waals surface area contributed by atoms with Crippen molar-refractivity contribution < 1.29 is 14.3 Å². The van der Waals surface area contributed by atoms with Crippen LogP contribution in [0.1, 0.15) is 17.3 Å². The van der Waals surface area contributed by atoms with E-state index in [2.05, 4.69) is 15.9 Å². The van der Waals surface area contributed by atoms with Crippen molar-refractivity contribution in [2.24, 2.45) is 0 Å². The number of ketones is 1. The van der Waals surface area contributed by atoms with Crippen LogP contribution in [0.25, 0.3) is 0 Å². The Morgan fingerprint density at radius 2 is 2.12 bits per heavy atom. The minimum Gasteiger partial charge on any atom is -0.380 e. The zero-order valence-electron chi connectivity index (χ0n) is 9.40. The van der Waals surface area contributed by atoms with Crippen LogP contribution >= 0.6 is 15.9 Å². The normalized spacial score (nSPS) is 14.4. The van der Waals surface area contributed by atoms with Gasteiger partial charge in [-0.3, -0.25) is 9.59 Å². The van der Waals surface area contributed by atoms with Gasteiger partial charge in [-0.1, -0.05) is 15.9 Å². The maximum Gasteiger partial charge on any atom is 0.299 e. The maximum absolute atomic E-state index is 11.8. The molecule has 2 rings (SSSR count). The standard InChI is InChI=1S/C12H12BrNO3/c1-2-17-6-5-14-10-7-8(13)3-4-9(10)11(15)12(14)16/h3-4,7H,2,5-6H2,1H3. The van der Waals surface area contributed by atoms with E-state index in [0.717, 1.165) is 4.47 Å². The number of rotatable bonds is 4. The van der Waals surface area contributed by atoms with Gasteiger partial charge >= 0.3 is 0 Å². The van der Waals surface area contributed by atoms with E-state index in [4.69, 9.17) is 4.74 Å². The first-order valence-corrected chi connectivity index (χ1v) is 6.18. The number of Topliss-reactive ketones (excluding diaryl/α,β-unsaturated/α-hetero) is 1. The molecule has 1 aliphatic heterocycles. The van der Waals surface area contributed by atoms with E-state index in [0.29, 0.717) is 31.0 Å². The van der Waals surface area contributed by atoms with Crippen molar-refractivity contribution in [2.45, 2.75) is 6.92 Å². The molecule has 0 aliphatic carbocycles. The number of carbonyl (C=O) groups excluding carboxylic acids is 2. The Kier molecular flexibility index (Phi) is 3.59. The summed E-state index contributed by atoms with van der Waals surface area (Å²) in [6.07, 6.45) is 0. The molecule has 0 unspecified atom stereocenters. The van der Waals surface area contributed by atoms with Crippen molar-refractivity contribution in [3.05, 3.63) is 28.2 Å². The van der Waals surface area contributed by atoms with Crippen LogP contribution in [0.4, 0.5) is 5.69 Å². The molecule has 5 heteroatoms. The van der Waals surface area contributed by atoms with Crippen molar-refractivity contribution in [3.8, 4) is 0 Å². The van der Waals surface area contributed by atoms with E-state index >= 15 is 0 Å². The first kappa shape index (κ1) is 12.3. The fraction of sp³-hybridized carbons (Fsp3) is 0.333. The van der Waals surface area contributed by atoms with Gasteiger partial charge < -0.3 is 9.64 Å². The summed E-state index contributed by atoms with van der Waals surface area (Å²) in [7, 11) is 0. The van der Waals surface area contributed by atoms with Gasteiger partial charge in [0.1, 0.15) is 0 Å². The van der Waals surface area contributed by atoms with Gasteiger partial charge in [0, 0.05) is 17.6 Å². The quantitative estimate of drug-likeness (QED) is 0.631. The molecular formula is C12H12BrNO3. The number of ether oxygens (including phenoxy) is 1. The molecule has 1 amide bonds. The van der Waals surface area contributed by atoms with Gasteiger partial charge in [0.25, 0.3) is 11.7 Å². The Balaban J connectivity index is 2.26.